The van der Waals surface area contributed by atoms with E-state index in [0.717, 1.165) is 5.56 Å². The summed E-state index contributed by atoms with van der Waals surface area (Å²) in [5.74, 6) is 0. The third kappa shape index (κ3) is 4.55. The van der Waals surface area contributed by atoms with Crippen molar-refractivity contribution in [2.45, 2.75) is 11.5 Å². The van der Waals surface area contributed by atoms with Crippen LogP contribution < -0.4 is 4.72 Å². The number of nitrogens with zero attached hydrogens (tertiary/aromatic N) is 1. The number of anilines is 1. The molecule has 0 atom stereocenters. The molecule has 0 fully saturated rings. The van der Waals surface area contributed by atoms with E-state index in [-0.39, 0.29) is 4.90 Å². The molecule has 0 aliphatic heterocycles. The summed E-state index contributed by atoms with van der Waals surface area (Å²) in [6.07, 6.45) is 2.57. The zero-order valence-electron chi connectivity index (χ0n) is 11.6. The number of hydrogen-bond acceptors (Lipinski definition) is 5. The maximum atomic E-state index is 12.1. The number of benzene rings is 1. The van der Waals surface area contributed by atoms with Gasteiger partial charge >= 0.3 is 0 Å². The molecule has 2 rings (SSSR count). The first-order valence-corrected chi connectivity index (χ1v) is 7.77. The Morgan fingerprint density at radius 3 is 2.90 bits per heavy atom. The van der Waals surface area contributed by atoms with Crippen molar-refractivity contribution < 1.29 is 17.9 Å². The molecule has 0 saturated heterocycles. The molecule has 2 aromatic rings. The molecule has 1 heterocycles. The van der Waals surface area contributed by atoms with Crippen molar-refractivity contribution in [3.05, 3.63) is 42.2 Å². The minimum atomic E-state index is -3.62. The van der Waals surface area contributed by atoms with E-state index in [1.807, 2.05) is 6.07 Å². The summed E-state index contributed by atoms with van der Waals surface area (Å²) < 4.78 is 36.9. The molecule has 2 N–H and O–H groups in total. The van der Waals surface area contributed by atoms with Crippen LogP contribution in [0.3, 0.4) is 0 Å². The summed E-state index contributed by atoms with van der Waals surface area (Å²) in [6.45, 7) is 1.40. The molecule has 0 aliphatic carbocycles. The molecule has 1 aromatic carbocycles. The molecule has 0 aliphatic rings. The largest absolute Gasteiger partial charge is 0.382 e. The maximum Gasteiger partial charge on any atom is 0.265 e. The average molecular weight is 311 g/mol. The van der Waals surface area contributed by atoms with Crippen LogP contribution in [0.4, 0.5) is 5.69 Å². The van der Waals surface area contributed by atoms with Gasteiger partial charge in [-0.2, -0.15) is 5.10 Å². The molecule has 0 radical (unpaired) electrons. The van der Waals surface area contributed by atoms with Crippen LogP contribution in [0.5, 0.6) is 0 Å². The molecular formula is C13H17N3O4S. The normalized spacial score (nSPS) is 11.5. The predicted molar refractivity (Wildman–Crippen MR) is 77.4 cm³/mol. The Bertz CT molecular complexity index is 656. The van der Waals surface area contributed by atoms with E-state index < -0.39 is 10.0 Å². The first kappa shape index (κ1) is 15.5. The summed E-state index contributed by atoms with van der Waals surface area (Å²) in [7, 11) is -2.01. The quantitative estimate of drug-likeness (QED) is 0.718. The van der Waals surface area contributed by atoms with E-state index >= 15 is 0 Å². The Labute approximate surface area is 123 Å². The molecular weight excluding hydrogens is 294 g/mol. The molecule has 0 bridgehead atoms. The van der Waals surface area contributed by atoms with Crippen LogP contribution >= 0.6 is 0 Å². The number of rotatable bonds is 8. The van der Waals surface area contributed by atoms with Crippen LogP contribution in [0.2, 0.25) is 0 Å². The minimum Gasteiger partial charge on any atom is -0.382 e. The number of methoxy groups -OCH3 is 1. The second kappa shape index (κ2) is 7.21. The van der Waals surface area contributed by atoms with Crippen LogP contribution in [0.15, 0.2) is 41.6 Å². The van der Waals surface area contributed by atoms with Crippen LogP contribution in [0, 0.1) is 0 Å². The van der Waals surface area contributed by atoms with Crippen molar-refractivity contribution in [2.75, 3.05) is 25.0 Å². The van der Waals surface area contributed by atoms with Crippen molar-refractivity contribution in [1.82, 2.24) is 10.2 Å². The summed E-state index contributed by atoms with van der Waals surface area (Å²) in [4.78, 5) is 0.0873. The molecule has 21 heavy (non-hydrogen) atoms. The summed E-state index contributed by atoms with van der Waals surface area (Å²) in [6, 6.07) is 7.03. The third-order valence-electron chi connectivity index (χ3n) is 2.66. The Balaban J connectivity index is 2.01. The Morgan fingerprint density at radius 2 is 2.19 bits per heavy atom. The van der Waals surface area contributed by atoms with Gasteiger partial charge in [-0.15, -0.1) is 0 Å². The molecule has 114 valence electrons. The van der Waals surface area contributed by atoms with Gasteiger partial charge in [0.2, 0.25) is 0 Å². The van der Waals surface area contributed by atoms with Gasteiger partial charge in [-0.1, -0.05) is 12.1 Å². The van der Waals surface area contributed by atoms with Crippen molar-refractivity contribution in [1.29, 1.82) is 0 Å². The highest BCUT2D eigenvalue weighted by molar-refractivity contribution is 7.92. The fourth-order valence-electron chi connectivity index (χ4n) is 1.66. The monoisotopic (exact) mass is 311 g/mol. The minimum absolute atomic E-state index is 0.0873. The van der Waals surface area contributed by atoms with Crippen LogP contribution in [-0.4, -0.2) is 38.9 Å². The van der Waals surface area contributed by atoms with Gasteiger partial charge in [-0.05, 0) is 17.7 Å². The molecule has 1 aromatic heterocycles. The van der Waals surface area contributed by atoms with E-state index in [4.69, 9.17) is 9.47 Å². The van der Waals surface area contributed by atoms with Gasteiger partial charge in [0.15, 0.2) is 0 Å². The number of aromatic nitrogens is 2. The Morgan fingerprint density at radius 1 is 1.33 bits per heavy atom. The van der Waals surface area contributed by atoms with Gasteiger partial charge in [-0.3, -0.25) is 9.82 Å². The number of nitrogens with one attached hydrogen (secondary N) is 2. The van der Waals surface area contributed by atoms with Gasteiger partial charge in [0.25, 0.3) is 10.0 Å². The highest BCUT2D eigenvalue weighted by Gasteiger charge is 2.15. The van der Waals surface area contributed by atoms with Crippen molar-refractivity contribution in [3.63, 3.8) is 0 Å². The van der Waals surface area contributed by atoms with E-state index in [1.165, 1.54) is 12.4 Å². The van der Waals surface area contributed by atoms with Gasteiger partial charge in [0.05, 0.1) is 26.0 Å². The number of ether oxygens (including phenoxy) is 2. The lowest BCUT2D eigenvalue weighted by Gasteiger charge is -2.08. The lowest BCUT2D eigenvalue weighted by Crippen LogP contribution is -2.12. The first-order chi connectivity index (χ1) is 10.1. The van der Waals surface area contributed by atoms with E-state index in [1.54, 1.807) is 25.3 Å². The Kier molecular flexibility index (Phi) is 5.32. The highest BCUT2D eigenvalue weighted by atomic mass is 32.2. The predicted octanol–water partition coefficient (Wildman–Crippen LogP) is 1.37. The zero-order chi connectivity index (χ0) is 15.1. The third-order valence-corrected chi connectivity index (χ3v) is 4.01. The molecule has 0 spiro atoms. The van der Waals surface area contributed by atoms with Gasteiger partial charge < -0.3 is 9.47 Å². The lowest BCUT2D eigenvalue weighted by molar-refractivity contribution is 0.0617. The summed E-state index contributed by atoms with van der Waals surface area (Å²) in [5.41, 5.74) is 1.35. The van der Waals surface area contributed by atoms with Crippen LogP contribution in [0.1, 0.15) is 5.56 Å². The number of hydrogen-bond donors (Lipinski definition) is 2. The van der Waals surface area contributed by atoms with Crippen LogP contribution in [-0.2, 0) is 26.1 Å². The van der Waals surface area contributed by atoms with Gasteiger partial charge in [-0.25, -0.2) is 8.42 Å². The maximum absolute atomic E-state index is 12.1. The zero-order valence-corrected chi connectivity index (χ0v) is 12.4. The second-order valence-electron chi connectivity index (χ2n) is 4.29. The number of H-pyrrole nitrogens is 1. The molecule has 0 amide bonds. The SMILES string of the molecule is COCCOCc1cccc(NS(=O)(=O)c2cn[nH]c2)c1. The molecule has 0 unspecified atom stereocenters. The van der Waals surface area contributed by atoms with Gasteiger partial charge in [0, 0.05) is 19.0 Å². The van der Waals surface area contributed by atoms with E-state index in [2.05, 4.69) is 14.9 Å². The summed E-state index contributed by atoms with van der Waals surface area (Å²) >= 11 is 0. The lowest BCUT2D eigenvalue weighted by atomic mass is 10.2. The second-order valence-corrected chi connectivity index (χ2v) is 5.97. The van der Waals surface area contributed by atoms with E-state index in [0.29, 0.717) is 25.5 Å². The first-order valence-electron chi connectivity index (χ1n) is 6.29. The van der Waals surface area contributed by atoms with Crippen molar-refractivity contribution in [3.8, 4) is 0 Å². The fourth-order valence-corrected chi connectivity index (χ4v) is 2.61. The Hall–Kier alpha value is -1.90. The average Bonchev–Trinajstić information content (AvgIpc) is 2.99. The van der Waals surface area contributed by atoms with E-state index in [9.17, 15) is 8.42 Å². The highest BCUT2D eigenvalue weighted by Crippen LogP contribution is 2.16. The summed E-state index contributed by atoms with van der Waals surface area (Å²) in [5, 5.41) is 6.10. The molecule has 8 heteroatoms. The molecule has 0 saturated carbocycles. The molecule has 7 nitrogen and oxygen atoms in total. The standard InChI is InChI=1S/C13H17N3O4S/c1-19-5-6-20-10-11-3-2-4-12(7-11)16-21(17,18)13-8-14-15-9-13/h2-4,7-9,16H,5-6,10H2,1H3,(H,14,15). The van der Waals surface area contributed by atoms with Gasteiger partial charge in [0.1, 0.15) is 4.90 Å². The fraction of sp³-hybridized carbons (Fsp3) is 0.308. The van der Waals surface area contributed by atoms with Crippen molar-refractivity contribution >= 4 is 15.7 Å². The van der Waals surface area contributed by atoms with Crippen molar-refractivity contribution in [2.24, 2.45) is 0 Å². The number of aromatic amines is 1. The smallest absolute Gasteiger partial charge is 0.265 e. The number of sulfonamides is 1. The topological polar surface area (TPSA) is 93.3 Å². The van der Waals surface area contributed by atoms with Crippen LogP contribution in [0.25, 0.3) is 0 Å².